The molecule has 198 valence electrons. The molecule has 2 nitrogen and oxygen atoms in total. The second-order valence-corrected chi connectivity index (χ2v) is 10.4. The minimum absolute atomic E-state index is 1.00. The molecule has 4 aromatic carbocycles. The van der Waals surface area contributed by atoms with Gasteiger partial charge in [-0.1, -0.05) is 118 Å². The van der Waals surface area contributed by atoms with Crippen LogP contribution >= 0.6 is 0 Å². The zero-order valence-electron chi connectivity index (χ0n) is 22.9. The fourth-order valence-corrected chi connectivity index (χ4v) is 4.94. The lowest BCUT2D eigenvalue weighted by Crippen LogP contribution is -2.01. The van der Waals surface area contributed by atoms with Gasteiger partial charge in [-0.2, -0.15) is 0 Å². The van der Waals surface area contributed by atoms with E-state index in [0.717, 1.165) is 24.3 Å². The summed E-state index contributed by atoms with van der Waals surface area (Å²) in [6, 6.07) is 38.9. The molecule has 0 saturated heterocycles. The van der Waals surface area contributed by atoms with Gasteiger partial charge in [0.05, 0.1) is 0 Å². The molecule has 0 aliphatic carbocycles. The molecule has 0 aromatic heterocycles. The maximum Gasteiger partial charge on any atom is 0.0384 e. The predicted molar refractivity (Wildman–Crippen MR) is 166 cm³/mol. The molecule has 2 N–H and O–H groups in total. The Balaban J connectivity index is 0.954. The topological polar surface area (TPSA) is 24.1 Å². The fraction of sp³-hybridized carbons (Fsp3) is 0.333. The number of rotatable bonds is 17. The third kappa shape index (κ3) is 10.5. The van der Waals surface area contributed by atoms with Gasteiger partial charge in [0.1, 0.15) is 0 Å². The lowest BCUT2D eigenvalue weighted by atomic mass is 10.0. The van der Waals surface area contributed by atoms with Crippen molar-refractivity contribution in [1.82, 2.24) is 0 Å². The molecule has 0 aliphatic heterocycles. The minimum atomic E-state index is 1.00. The van der Waals surface area contributed by atoms with Crippen molar-refractivity contribution in [3.05, 3.63) is 126 Å². The van der Waals surface area contributed by atoms with E-state index in [4.69, 9.17) is 0 Å². The number of aryl methyl sites for hydroxylation is 1. The molecule has 0 radical (unpaired) electrons. The highest BCUT2D eigenvalue weighted by Gasteiger charge is 1.99. The van der Waals surface area contributed by atoms with Gasteiger partial charge in [0.2, 0.25) is 0 Å². The molecule has 0 aliphatic rings. The predicted octanol–water partition coefficient (Wildman–Crippen LogP) is 10.2. The minimum Gasteiger partial charge on any atom is -0.385 e. The average Bonchev–Trinajstić information content (AvgIpc) is 2.96. The lowest BCUT2D eigenvalue weighted by Gasteiger charge is -2.08. The highest BCUT2D eigenvalue weighted by atomic mass is 14.9. The van der Waals surface area contributed by atoms with Crippen LogP contribution in [0.15, 0.2) is 109 Å². The zero-order valence-corrected chi connectivity index (χ0v) is 22.9. The number of hydrogen-bond donors (Lipinski definition) is 2. The lowest BCUT2D eigenvalue weighted by molar-refractivity contribution is 0.562. The Morgan fingerprint density at radius 1 is 0.368 bits per heavy atom. The second kappa shape index (κ2) is 16.3. The van der Waals surface area contributed by atoms with E-state index in [2.05, 4.69) is 114 Å². The second-order valence-electron chi connectivity index (χ2n) is 10.4. The first-order valence-electron chi connectivity index (χ1n) is 14.6. The Hall–Kier alpha value is -3.52. The van der Waals surface area contributed by atoms with Crippen molar-refractivity contribution in [3.8, 4) is 0 Å². The van der Waals surface area contributed by atoms with Crippen LogP contribution in [0.5, 0.6) is 0 Å². The molecule has 0 atom stereocenters. The Bertz CT molecular complexity index is 1040. The summed E-state index contributed by atoms with van der Waals surface area (Å²) in [4.78, 5) is 0. The van der Waals surface area contributed by atoms with Crippen molar-refractivity contribution in [2.75, 3.05) is 17.2 Å². The van der Waals surface area contributed by atoms with Crippen molar-refractivity contribution in [2.24, 2.45) is 0 Å². The van der Waals surface area contributed by atoms with Crippen LogP contribution in [0.1, 0.15) is 74.5 Å². The van der Waals surface area contributed by atoms with Crippen LogP contribution in [0.4, 0.5) is 17.1 Å². The van der Waals surface area contributed by atoms with E-state index in [1.54, 1.807) is 0 Å². The van der Waals surface area contributed by atoms with Crippen molar-refractivity contribution < 1.29 is 0 Å². The Morgan fingerprint density at radius 2 is 0.842 bits per heavy atom. The van der Waals surface area contributed by atoms with E-state index in [-0.39, 0.29) is 0 Å². The highest BCUT2D eigenvalue weighted by Crippen LogP contribution is 2.18. The van der Waals surface area contributed by atoms with Crippen LogP contribution in [0.3, 0.4) is 0 Å². The van der Waals surface area contributed by atoms with E-state index < -0.39 is 0 Å². The molecule has 0 amide bonds. The van der Waals surface area contributed by atoms with Crippen LogP contribution in [-0.4, -0.2) is 6.54 Å². The molecule has 4 aromatic rings. The average molecular weight is 505 g/mol. The molecule has 0 spiro atoms. The third-order valence-electron chi connectivity index (χ3n) is 7.19. The van der Waals surface area contributed by atoms with Crippen molar-refractivity contribution in [1.29, 1.82) is 0 Å². The van der Waals surface area contributed by atoms with Gasteiger partial charge in [0, 0.05) is 23.6 Å². The molecule has 38 heavy (non-hydrogen) atoms. The van der Waals surface area contributed by atoms with Crippen LogP contribution in [0, 0.1) is 0 Å². The van der Waals surface area contributed by atoms with Gasteiger partial charge in [0.25, 0.3) is 0 Å². The maximum absolute atomic E-state index is 3.58. The maximum atomic E-state index is 3.58. The molecule has 4 rings (SSSR count). The van der Waals surface area contributed by atoms with Gasteiger partial charge in [0.15, 0.2) is 0 Å². The van der Waals surface area contributed by atoms with Crippen LogP contribution < -0.4 is 10.6 Å². The SMILES string of the molecule is c1ccc(Cc2ccc(NCCCCCCCCCCCc3ccc(Nc4ccccc4)cc3)cc2)cc1. The summed E-state index contributed by atoms with van der Waals surface area (Å²) in [5.41, 5.74) is 7.71. The van der Waals surface area contributed by atoms with Crippen molar-refractivity contribution >= 4 is 17.1 Å². The third-order valence-corrected chi connectivity index (χ3v) is 7.19. The molecular formula is C36H44N2. The van der Waals surface area contributed by atoms with Gasteiger partial charge in [-0.3, -0.25) is 0 Å². The first-order chi connectivity index (χ1) is 18.8. The summed E-state index contributed by atoms with van der Waals surface area (Å²) >= 11 is 0. The first-order valence-corrected chi connectivity index (χ1v) is 14.6. The molecule has 0 unspecified atom stereocenters. The van der Waals surface area contributed by atoms with E-state index in [0.29, 0.717) is 0 Å². The molecule has 0 saturated carbocycles. The van der Waals surface area contributed by atoms with E-state index in [1.165, 1.54) is 86.6 Å². The summed E-state index contributed by atoms with van der Waals surface area (Å²) in [6.07, 6.45) is 14.3. The normalized spacial score (nSPS) is 10.8. The molecule has 0 bridgehead atoms. The molecule has 0 fully saturated rings. The Labute approximate surface area is 230 Å². The van der Waals surface area contributed by atoms with Gasteiger partial charge in [-0.15, -0.1) is 0 Å². The van der Waals surface area contributed by atoms with Crippen LogP contribution in [0.25, 0.3) is 0 Å². The number of anilines is 3. The van der Waals surface area contributed by atoms with Gasteiger partial charge in [-0.05, 0) is 78.8 Å². The molecular weight excluding hydrogens is 460 g/mol. The molecule has 2 heteroatoms. The number of para-hydroxylation sites is 1. The van der Waals surface area contributed by atoms with E-state index >= 15 is 0 Å². The number of nitrogens with one attached hydrogen (secondary N) is 2. The summed E-state index contributed by atoms with van der Waals surface area (Å²) < 4.78 is 0. The number of hydrogen-bond acceptors (Lipinski definition) is 2. The smallest absolute Gasteiger partial charge is 0.0384 e. The quantitative estimate of drug-likeness (QED) is 0.140. The summed E-state index contributed by atoms with van der Waals surface area (Å²) in [7, 11) is 0. The number of unbranched alkanes of at least 4 members (excludes halogenated alkanes) is 8. The van der Waals surface area contributed by atoms with Gasteiger partial charge < -0.3 is 10.6 Å². The zero-order chi connectivity index (χ0) is 26.1. The summed E-state index contributed by atoms with van der Waals surface area (Å²) in [6.45, 7) is 1.07. The van der Waals surface area contributed by atoms with Gasteiger partial charge in [-0.25, -0.2) is 0 Å². The Kier molecular flexibility index (Phi) is 11.8. The van der Waals surface area contributed by atoms with Crippen LogP contribution in [-0.2, 0) is 12.8 Å². The van der Waals surface area contributed by atoms with Gasteiger partial charge >= 0.3 is 0 Å². The van der Waals surface area contributed by atoms with Crippen molar-refractivity contribution in [3.63, 3.8) is 0 Å². The number of benzene rings is 4. The molecule has 0 heterocycles. The first kappa shape index (κ1) is 27.5. The monoisotopic (exact) mass is 504 g/mol. The fourth-order valence-electron chi connectivity index (χ4n) is 4.94. The van der Waals surface area contributed by atoms with E-state index in [1.807, 2.05) is 6.07 Å². The summed E-state index contributed by atoms with van der Waals surface area (Å²) in [5.74, 6) is 0. The highest BCUT2D eigenvalue weighted by molar-refractivity contribution is 5.59. The van der Waals surface area contributed by atoms with Crippen LogP contribution in [0.2, 0.25) is 0 Å². The Morgan fingerprint density at radius 3 is 1.50 bits per heavy atom. The largest absolute Gasteiger partial charge is 0.385 e. The van der Waals surface area contributed by atoms with E-state index in [9.17, 15) is 0 Å². The van der Waals surface area contributed by atoms with Crippen molar-refractivity contribution in [2.45, 2.75) is 70.6 Å². The summed E-state index contributed by atoms with van der Waals surface area (Å²) in [5, 5.41) is 7.04. The standard InChI is InChI=1S/C36H44N2/c1(2-4-6-10-16-31-21-27-36(28-22-31)38-35-19-13-9-14-20-35)3-5-7-15-29-37-34-25-23-33(24-26-34)30-32-17-11-8-12-18-32/h8-9,11-14,17-28,37-38H,1-7,10,15-16,29-30H2.